The molecule has 0 radical (unpaired) electrons. The van der Waals surface area contributed by atoms with Gasteiger partial charge in [-0.05, 0) is 26.4 Å². The molecule has 0 aromatic carbocycles. The van der Waals surface area contributed by atoms with Crippen LogP contribution in [0, 0.1) is 0 Å². The second-order valence-corrected chi connectivity index (χ2v) is 2.59. The minimum Gasteiger partial charge on any atom is -0.302 e. The number of halogens is 1. The molecule has 1 aliphatic heterocycles. The summed E-state index contributed by atoms with van der Waals surface area (Å²) in [6, 6.07) is 0. The van der Waals surface area contributed by atoms with Gasteiger partial charge in [0.1, 0.15) is 0 Å². The molecule has 2 heteroatoms. The van der Waals surface area contributed by atoms with Gasteiger partial charge in [-0.3, -0.25) is 0 Å². The number of likely N-dealkylation sites (N-methyl/N-ethyl adjacent to an activating group) is 1. The SMILES string of the molecule is C=C1CCCN(C)C1.Cl. The first-order valence-electron chi connectivity index (χ1n) is 3.14. The largest absolute Gasteiger partial charge is 0.302 e. The van der Waals surface area contributed by atoms with E-state index < -0.39 is 0 Å². The second-order valence-electron chi connectivity index (χ2n) is 2.59. The lowest BCUT2D eigenvalue weighted by molar-refractivity contribution is 0.323. The zero-order valence-corrected chi connectivity index (χ0v) is 6.71. The second kappa shape index (κ2) is 3.91. The maximum atomic E-state index is 3.92. The molecule has 0 saturated carbocycles. The summed E-state index contributed by atoms with van der Waals surface area (Å²) in [5.74, 6) is 0. The Labute approximate surface area is 63.1 Å². The van der Waals surface area contributed by atoms with Crippen molar-refractivity contribution in [2.45, 2.75) is 12.8 Å². The molecule has 1 rings (SSSR count). The molecule has 1 fully saturated rings. The first kappa shape index (κ1) is 8.99. The van der Waals surface area contributed by atoms with Crippen LogP contribution in [0.3, 0.4) is 0 Å². The Morgan fingerprint density at radius 3 is 2.56 bits per heavy atom. The Morgan fingerprint density at radius 1 is 1.56 bits per heavy atom. The lowest BCUT2D eigenvalue weighted by Gasteiger charge is -2.23. The predicted octanol–water partition coefficient (Wildman–Crippen LogP) is 1.69. The van der Waals surface area contributed by atoms with Crippen LogP contribution in [0.25, 0.3) is 0 Å². The molecule has 0 aromatic heterocycles. The zero-order valence-electron chi connectivity index (χ0n) is 5.89. The molecule has 0 amide bonds. The van der Waals surface area contributed by atoms with Gasteiger partial charge in [-0.25, -0.2) is 0 Å². The lowest BCUT2D eigenvalue weighted by atomic mass is 10.1. The van der Waals surface area contributed by atoms with Gasteiger partial charge in [0.15, 0.2) is 0 Å². The van der Waals surface area contributed by atoms with Gasteiger partial charge in [0.2, 0.25) is 0 Å². The van der Waals surface area contributed by atoms with Crippen LogP contribution >= 0.6 is 12.4 Å². The van der Waals surface area contributed by atoms with E-state index in [2.05, 4.69) is 18.5 Å². The van der Waals surface area contributed by atoms with E-state index >= 15 is 0 Å². The summed E-state index contributed by atoms with van der Waals surface area (Å²) in [4.78, 5) is 2.31. The number of hydrogen-bond donors (Lipinski definition) is 0. The highest BCUT2D eigenvalue weighted by Crippen LogP contribution is 2.10. The summed E-state index contributed by atoms with van der Waals surface area (Å²) in [7, 11) is 2.14. The topological polar surface area (TPSA) is 3.24 Å². The van der Waals surface area contributed by atoms with Gasteiger partial charge < -0.3 is 4.90 Å². The summed E-state index contributed by atoms with van der Waals surface area (Å²) in [6.45, 7) is 6.28. The third-order valence-electron chi connectivity index (χ3n) is 1.56. The molecular formula is C7H14ClN. The van der Waals surface area contributed by atoms with Crippen molar-refractivity contribution in [3.8, 4) is 0 Å². The van der Waals surface area contributed by atoms with E-state index in [1.165, 1.54) is 25.0 Å². The number of piperidine rings is 1. The quantitative estimate of drug-likeness (QED) is 0.472. The van der Waals surface area contributed by atoms with Crippen LogP contribution in [0.15, 0.2) is 12.2 Å². The van der Waals surface area contributed by atoms with Crippen molar-refractivity contribution in [2.24, 2.45) is 0 Å². The standard InChI is InChI=1S/C7H13N.ClH/c1-7-4-3-5-8(2)6-7;/h1,3-6H2,2H3;1H. The number of likely N-dealkylation sites (tertiary alicyclic amines) is 1. The summed E-state index contributed by atoms with van der Waals surface area (Å²) >= 11 is 0. The average molecular weight is 148 g/mol. The van der Waals surface area contributed by atoms with Crippen LogP contribution in [-0.2, 0) is 0 Å². The smallest absolute Gasteiger partial charge is 0.0187 e. The molecule has 1 heterocycles. The van der Waals surface area contributed by atoms with Gasteiger partial charge in [0, 0.05) is 6.54 Å². The van der Waals surface area contributed by atoms with Gasteiger partial charge in [0.25, 0.3) is 0 Å². The van der Waals surface area contributed by atoms with Gasteiger partial charge in [-0.15, -0.1) is 12.4 Å². The minimum absolute atomic E-state index is 0. The third kappa shape index (κ3) is 2.87. The van der Waals surface area contributed by atoms with E-state index in [-0.39, 0.29) is 12.4 Å². The molecule has 0 aromatic rings. The van der Waals surface area contributed by atoms with Gasteiger partial charge >= 0.3 is 0 Å². The Bertz CT molecular complexity index is 101. The molecular weight excluding hydrogens is 134 g/mol. The highest BCUT2D eigenvalue weighted by Gasteiger charge is 2.06. The molecule has 1 saturated heterocycles. The third-order valence-corrected chi connectivity index (χ3v) is 1.56. The van der Waals surface area contributed by atoms with E-state index in [1.807, 2.05) is 0 Å². The molecule has 1 nitrogen and oxygen atoms in total. The fraction of sp³-hybridized carbons (Fsp3) is 0.714. The molecule has 0 aliphatic carbocycles. The van der Waals surface area contributed by atoms with Crippen molar-refractivity contribution in [1.82, 2.24) is 4.90 Å². The first-order valence-corrected chi connectivity index (χ1v) is 3.14. The molecule has 0 N–H and O–H groups in total. The molecule has 0 spiro atoms. The van der Waals surface area contributed by atoms with Crippen LogP contribution < -0.4 is 0 Å². The number of nitrogens with zero attached hydrogens (tertiary/aromatic N) is 1. The molecule has 0 unspecified atom stereocenters. The van der Waals surface area contributed by atoms with Gasteiger partial charge in [-0.1, -0.05) is 12.2 Å². The van der Waals surface area contributed by atoms with E-state index in [1.54, 1.807) is 0 Å². The zero-order chi connectivity index (χ0) is 5.98. The Hall–Kier alpha value is -0.0100. The molecule has 0 bridgehead atoms. The van der Waals surface area contributed by atoms with E-state index in [9.17, 15) is 0 Å². The molecule has 0 atom stereocenters. The van der Waals surface area contributed by atoms with E-state index in [0.717, 1.165) is 6.54 Å². The van der Waals surface area contributed by atoms with Crippen molar-refractivity contribution in [3.05, 3.63) is 12.2 Å². The average Bonchev–Trinajstić information content (AvgIpc) is 1.64. The fourth-order valence-corrected chi connectivity index (χ4v) is 1.14. The Kier molecular flexibility index (Phi) is 3.91. The normalized spacial score (nSPS) is 21.2. The summed E-state index contributed by atoms with van der Waals surface area (Å²) < 4.78 is 0. The minimum atomic E-state index is 0. The number of hydrogen-bond acceptors (Lipinski definition) is 1. The predicted molar refractivity (Wildman–Crippen MR) is 43.1 cm³/mol. The Morgan fingerprint density at radius 2 is 2.22 bits per heavy atom. The van der Waals surface area contributed by atoms with Crippen LogP contribution in [0.1, 0.15) is 12.8 Å². The highest BCUT2D eigenvalue weighted by molar-refractivity contribution is 5.85. The van der Waals surface area contributed by atoms with Crippen molar-refractivity contribution >= 4 is 12.4 Å². The fourth-order valence-electron chi connectivity index (χ4n) is 1.14. The van der Waals surface area contributed by atoms with Crippen molar-refractivity contribution in [3.63, 3.8) is 0 Å². The maximum absolute atomic E-state index is 3.92. The van der Waals surface area contributed by atoms with Crippen LogP contribution in [0.2, 0.25) is 0 Å². The van der Waals surface area contributed by atoms with Gasteiger partial charge in [-0.2, -0.15) is 0 Å². The monoisotopic (exact) mass is 147 g/mol. The lowest BCUT2D eigenvalue weighted by Crippen LogP contribution is -2.26. The molecule has 1 aliphatic rings. The summed E-state index contributed by atoms with van der Waals surface area (Å²) in [6.07, 6.45) is 2.54. The van der Waals surface area contributed by atoms with E-state index in [4.69, 9.17) is 0 Å². The Balaban J connectivity index is 0.000000640. The maximum Gasteiger partial charge on any atom is 0.0187 e. The molecule has 54 valence electrons. The summed E-state index contributed by atoms with van der Waals surface area (Å²) in [5, 5.41) is 0. The molecule has 9 heavy (non-hydrogen) atoms. The van der Waals surface area contributed by atoms with Crippen molar-refractivity contribution in [2.75, 3.05) is 20.1 Å². The summed E-state index contributed by atoms with van der Waals surface area (Å²) in [5.41, 5.74) is 1.39. The van der Waals surface area contributed by atoms with Gasteiger partial charge in [0.05, 0.1) is 0 Å². The van der Waals surface area contributed by atoms with Crippen molar-refractivity contribution in [1.29, 1.82) is 0 Å². The van der Waals surface area contributed by atoms with Crippen molar-refractivity contribution < 1.29 is 0 Å². The highest BCUT2D eigenvalue weighted by atomic mass is 35.5. The van der Waals surface area contributed by atoms with E-state index in [0.29, 0.717) is 0 Å². The van der Waals surface area contributed by atoms with Crippen LogP contribution in [0.4, 0.5) is 0 Å². The van der Waals surface area contributed by atoms with Crippen LogP contribution in [0.5, 0.6) is 0 Å². The first-order chi connectivity index (χ1) is 3.79. The number of rotatable bonds is 0. The van der Waals surface area contributed by atoms with Crippen LogP contribution in [-0.4, -0.2) is 25.0 Å².